The number of halogens is 1. The van der Waals surface area contributed by atoms with E-state index in [1.54, 1.807) is 35.6 Å². The number of carboxylic acid groups (broad SMARTS) is 1. The van der Waals surface area contributed by atoms with Crippen molar-refractivity contribution in [1.29, 1.82) is 0 Å². The Morgan fingerprint density at radius 1 is 1.35 bits per heavy atom. The zero-order valence-electron chi connectivity index (χ0n) is 12.6. The summed E-state index contributed by atoms with van der Waals surface area (Å²) in [5, 5.41) is 15.3. The van der Waals surface area contributed by atoms with E-state index in [0.29, 0.717) is 23.4 Å². The van der Waals surface area contributed by atoms with Crippen molar-refractivity contribution in [2.24, 2.45) is 0 Å². The van der Waals surface area contributed by atoms with E-state index in [1.165, 1.54) is 0 Å². The number of carbonyl (C=O) groups is 2. The van der Waals surface area contributed by atoms with E-state index in [9.17, 15) is 14.7 Å². The Labute approximate surface area is 143 Å². The van der Waals surface area contributed by atoms with E-state index < -0.39 is 12.0 Å². The predicted molar refractivity (Wildman–Crippen MR) is 89.8 cm³/mol. The topological polar surface area (TPSA) is 79.3 Å². The van der Waals surface area contributed by atoms with Crippen molar-refractivity contribution in [3.05, 3.63) is 50.9 Å². The van der Waals surface area contributed by atoms with Crippen LogP contribution < -0.4 is 5.32 Å². The quantitative estimate of drug-likeness (QED) is 0.800. The zero-order valence-corrected chi connectivity index (χ0v) is 14.2. The van der Waals surface area contributed by atoms with Gasteiger partial charge in [0.25, 0.3) is 0 Å². The standard InChI is InChI=1S/C16H17ClN2O3S/c1-10-18-13(9-23-10)3-2-4-14(20)19-15(16(21)22)11-5-7-12(17)8-6-11/h5-9,15H,2-4H2,1H3,(H,19,20)(H,21,22). The Kier molecular flexibility index (Phi) is 6.12. The van der Waals surface area contributed by atoms with Gasteiger partial charge >= 0.3 is 5.97 Å². The number of aromatic nitrogens is 1. The third-order valence-electron chi connectivity index (χ3n) is 3.26. The summed E-state index contributed by atoms with van der Waals surface area (Å²) in [6.07, 6.45) is 1.59. The van der Waals surface area contributed by atoms with Crippen LogP contribution in [0.5, 0.6) is 0 Å². The number of amides is 1. The molecule has 0 spiro atoms. The number of nitrogens with zero attached hydrogens (tertiary/aromatic N) is 1. The average molecular weight is 353 g/mol. The van der Waals surface area contributed by atoms with Crippen LogP contribution in [0.4, 0.5) is 0 Å². The highest BCUT2D eigenvalue weighted by molar-refractivity contribution is 7.09. The predicted octanol–water partition coefficient (Wildman–Crippen LogP) is 3.37. The molecule has 1 amide bonds. The minimum absolute atomic E-state index is 0.258. The third kappa shape index (κ3) is 5.33. The van der Waals surface area contributed by atoms with Gasteiger partial charge in [-0.25, -0.2) is 9.78 Å². The fourth-order valence-corrected chi connectivity index (χ4v) is 2.90. The molecule has 1 atom stereocenters. The van der Waals surface area contributed by atoms with Crippen molar-refractivity contribution in [1.82, 2.24) is 10.3 Å². The molecular formula is C16H17ClN2O3S. The van der Waals surface area contributed by atoms with E-state index in [0.717, 1.165) is 10.7 Å². The summed E-state index contributed by atoms with van der Waals surface area (Å²) in [5.41, 5.74) is 1.46. The molecule has 0 saturated carbocycles. The lowest BCUT2D eigenvalue weighted by molar-refractivity contribution is -0.142. The van der Waals surface area contributed by atoms with Crippen LogP contribution in [0, 0.1) is 6.92 Å². The number of rotatable bonds is 7. The van der Waals surface area contributed by atoms with E-state index in [1.807, 2.05) is 12.3 Å². The van der Waals surface area contributed by atoms with Gasteiger partial charge in [0, 0.05) is 16.8 Å². The Balaban J connectivity index is 1.88. The summed E-state index contributed by atoms with van der Waals surface area (Å²) in [4.78, 5) is 27.7. The van der Waals surface area contributed by atoms with Gasteiger partial charge in [0.1, 0.15) is 0 Å². The molecule has 0 fully saturated rings. The third-order valence-corrected chi connectivity index (χ3v) is 4.33. The summed E-state index contributed by atoms with van der Waals surface area (Å²) in [6.45, 7) is 1.93. The molecule has 7 heteroatoms. The molecule has 1 unspecified atom stereocenters. The molecule has 2 N–H and O–H groups in total. The SMILES string of the molecule is Cc1nc(CCCC(=O)NC(C(=O)O)c2ccc(Cl)cc2)cs1. The summed E-state index contributed by atoms with van der Waals surface area (Å²) >= 11 is 7.37. The average Bonchev–Trinajstić information content (AvgIpc) is 2.91. The molecule has 0 aliphatic carbocycles. The largest absolute Gasteiger partial charge is 0.479 e. The second kappa shape index (κ2) is 8.08. The smallest absolute Gasteiger partial charge is 0.330 e. The van der Waals surface area contributed by atoms with E-state index in [4.69, 9.17) is 11.6 Å². The molecule has 2 aromatic rings. The lowest BCUT2D eigenvalue weighted by Crippen LogP contribution is -2.33. The molecule has 1 aromatic heterocycles. The van der Waals surface area contributed by atoms with Gasteiger partial charge in [0.2, 0.25) is 5.91 Å². The Morgan fingerprint density at radius 3 is 2.61 bits per heavy atom. The number of benzene rings is 1. The van der Waals surface area contributed by atoms with Crippen molar-refractivity contribution < 1.29 is 14.7 Å². The molecule has 5 nitrogen and oxygen atoms in total. The van der Waals surface area contributed by atoms with Crippen molar-refractivity contribution in [2.75, 3.05) is 0 Å². The lowest BCUT2D eigenvalue weighted by Gasteiger charge is -2.15. The van der Waals surface area contributed by atoms with Gasteiger partial charge in [-0.1, -0.05) is 23.7 Å². The molecule has 0 bridgehead atoms. The normalized spacial score (nSPS) is 11.9. The molecule has 23 heavy (non-hydrogen) atoms. The van der Waals surface area contributed by atoms with Gasteiger partial charge in [-0.15, -0.1) is 11.3 Å². The van der Waals surface area contributed by atoms with Crippen LogP contribution in [0.1, 0.15) is 35.1 Å². The molecule has 122 valence electrons. The minimum atomic E-state index is -1.10. The number of thiazole rings is 1. The highest BCUT2D eigenvalue weighted by Gasteiger charge is 2.21. The number of aryl methyl sites for hydroxylation is 2. The molecule has 0 saturated heterocycles. The van der Waals surface area contributed by atoms with E-state index in [-0.39, 0.29) is 12.3 Å². The van der Waals surface area contributed by atoms with Gasteiger partial charge in [-0.3, -0.25) is 4.79 Å². The Hall–Kier alpha value is -1.92. The van der Waals surface area contributed by atoms with Gasteiger partial charge in [-0.05, 0) is 37.5 Å². The summed E-state index contributed by atoms with van der Waals surface area (Å²) < 4.78 is 0. The van der Waals surface area contributed by atoms with Crippen molar-refractivity contribution in [3.8, 4) is 0 Å². The first kappa shape index (κ1) is 17.4. The summed E-state index contributed by atoms with van der Waals surface area (Å²) in [5.74, 6) is -1.39. The molecular weight excluding hydrogens is 336 g/mol. The number of nitrogens with one attached hydrogen (secondary N) is 1. The minimum Gasteiger partial charge on any atom is -0.479 e. The van der Waals surface area contributed by atoms with Crippen LogP contribution in [0.3, 0.4) is 0 Å². The molecule has 0 aliphatic heterocycles. The van der Waals surface area contributed by atoms with Crippen molar-refractivity contribution in [3.63, 3.8) is 0 Å². The van der Waals surface area contributed by atoms with E-state index >= 15 is 0 Å². The highest BCUT2D eigenvalue weighted by atomic mass is 35.5. The first-order chi connectivity index (χ1) is 11.0. The van der Waals surface area contributed by atoms with Gasteiger partial charge in [0.15, 0.2) is 6.04 Å². The summed E-state index contributed by atoms with van der Waals surface area (Å²) in [7, 11) is 0. The fraction of sp³-hybridized carbons (Fsp3) is 0.312. The lowest BCUT2D eigenvalue weighted by atomic mass is 10.1. The van der Waals surface area contributed by atoms with Crippen LogP contribution in [-0.2, 0) is 16.0 Å². The van der Waals surface area contributed by atoms with Crippen LogP contribution in [0.15, 0.2) is 29.6 Å². The number of carbonyl (C=O) groups excluding carboxylic acids is 1. The molecule has 0 aliphatic rings. The highest BCUT2D eigenvalue weighted by Crippen LogP contribution is 2.17. The first-order valence-corrected chi connectivity index (χ1v) is 8.40. The molecule has 0 radical (unpaired) electrons. The van der Waals surface area contributed by atoms with Gasteiger partial charge in [-0.2, -0.15) is 0 Å². The Morgan fingerprint density at radius 2 is 2.04 bits per heavy atom. The monoisotopic (exact) mass is 352 g/mol. The van der Waals surface area contributed by atoms with Gasteiger partial charge in [0.05, 0.1) is 10.7 Å². The molecule has 1 heterocycles. The van der Waals surface area contributed by atoms with Crippen molar-refractivity contribution in [2.45, 2.75) is 32.2 Å². The van der Waals surface area contributed by atoms with Crippen LogP contribution in [-0.4, -0.2) is 22.0 Å². The van der Waals surface area contributed by atoms with Crippen LogP contribution in [0.25, 0.3) is 0 Å². The van der Waals surface area contributed by atoms with Crippen LogP contribution >= 0.6 is 22.9 Å². The first-order valence-electron chi connectivity index (χ1n) is 7.14. The number of aliphatic carboxylic acids is 1. The maximum absolute atomic E-state index is 12.0. The number of carboxylic acids is 1. The maximum Gasteiger partial charge on any atom is 0.330 e. The fourth-order valence-electron chi connectivity index (χ4n) is 2.13. The summed E-state index contributed by atoms with van der Waals surface area (Å²) in [6, 6.07) is 5.33. The second-order valence-corrected chi connectivity index (χ2v) is 6.60. The molecule has 2 rings (SSSR count). The van der Waals surface area contributed by atoms with Crippen LogP contribution in [0.2, 0.25) is 5.02 Å². The van der Waals surface area contributed by atoms with Gasteiger partial charge < -0.3 is 10.4 Å². The Bertz CT molecular complexity index is 685. The molecule has 1 aromatic carbocycles. The van der Waals surface area contributed by atoms with E-state index in [2.05, 4.69) is 10.3 Å². The second-order valence-electron chi connectivity index (χ2n) is 5.10. The number of hydrogen-bond acceptors (Lipinski definition) is 4. The van der Waals surface area contributed by atoms with Crippen molar-refractivity contribution >= 4 is 34.8 Å². The number of hydrogen-bond donors (Lipinski definition) is 2. The maximum atomic E-state index is 12.0. The zero-order chi connectivity index (χ0) is 16.8.